The lowest BCUT2D eigenvalue weighted by atomic mass is 10.1. The lowest BCUT2D eigenvalue weighted by Crippen LogP contribution is -2.25. The van der Waals surface area contributed by atoms with Gasteiger partial charge < -0.3 is 14.8 Å². The molecule has 1 amide bonds. The number of benzene rings is 2. The summed E-state index contributed by atoms with van der Waals surface area (Å²) in [6.07, 6.45) is 4.12. The van der Waals surface area contributed by atoms with Crippen LogP contribution in [0, 0.1) is 25.2 Å². The SMILES string of the molecule is CCCCNC(=O)/C(C#N)=C/c1ccc(OC(=O)CCCOc2cc(C)ccc2C)cc1. The maximum atomic E-state index is 12.1. The molecule has 0 radical (unpaired) electrons. The van der Waals surface area contributed by atoms with E-state index in [-0.39, 0.29) is 23.9 Å². The van der Waals surface area contributed by atoms with Gasteiger partial charge in [0, 0.05) is 13.0 Å². The first-order valence-corrected chi connectivity index (χ1v) is 10.8. The smallest absolute Gasteiger partial charge is 0.311 e. The number of esters is 1. The predicted molar refractivity (Wildman–Crippen MR) is 124 cm³/mol. The lowest BCUT2D eigenvalue weighted by molar-refractivity contribution is -0.134. The van der Waals surface area contributed by atoms with Crippen LogP contribution < -0.4 is 14.8 Å². The topological polar surface area (TPSA) is 88.4 Å². The second-order valence-electron chi connectivity index (χ2n) is 7.54. The molecule has 0 aromatic heterocycles. The van der Waals surface area contributed by atoms with E-state index >= 15 is 0 Å². The van der Waals surface area contributed by atoms with E-state index in [0.29, 0.717) is 30.9 Å². The summed E-state index contributed by atoms with van der Waals surface area (Å²) in [5.41, 5.74) is 2.90. The van der Waals surface area contributed by atoms with Crippen molar-refractivity contribution in [3.63, 3.8) is 0 Å². The van der Waals surface area contributed by atoms with Crippen molar-refractivity contribution in [2.75, 3.05) is 13.2 Å². The summed E-state index contributed by atoms with van der Waals surface area (Å²) in [4.78, 5) is 24.1. The van der Waals surface area contributed by atoms with Crippen LogP contribution in [0.15, 0.2) is 48.0 Å². The molecule has 0 saturated heterocycles. The van der Waals surface area contributed by atoms with Gasteiger partial charge in [-0.15, -0.1) is 0 Å². The molecule has 0 unspecified atom stereocenters. The van der Waals surface area contributed by atoms with Crippen molar-refractivity contribution in [1.82, 2.24) is 5.32 Å². The molecule has 168 valence electrons. The fourth-order valence-corrected chi connectivity index (χ4v) is 2.87. The third kappa shape index (κ3) is 8.27. The average molecular weight is 435 g/mol. The zero-order valence-electron chi connectivity index (χ0n) is 18.9. The van der Waals surface area contributed by atoms with Crippen LogP contribution in [0.5, 0.6) is 11.5 Å². The van der Waals surface area contributed by atoms with Gasteiger partial charge in [0.2, 0.25) is 0 Å². The molecule has 2 aromatic carbocycles. The van der Waals surface area contributed by atoms with Gasteiger partial charge in [0.25, 0.3) is 5.91 Å². The van der Waals surface area contributed by atoms with Gasteiger partial charge in [-0.05, 0) is 67.7 Å². The second kappa shape index (κ2) is 13.0. The maximum absolute atomic E-state index is 12.1. The molecule has 0 aliphatic carbocycles. The first-order chi connectivity index (χ1) is 15.4. The molecule has 32 heavy (non-hydrogen) atoms. The van der Waals surface area contributed by atoms with E-state index in [0.717, 1.165) is 29.7 Å². The minimum Gasteiger partial charge on any atom is -0.493 e. The van der Waals surface area contributed by atoms with Crippen LogP contribution in [0.25, 0.3) is 6.08 Å². The highest BCUT2D eigenvalue weighted by atomic mass is 16.5. The second-order valence-corrected chi connectivity index (χ2v) is 7.54. The van der Waals surface area contributed by atoms with Gasteiger partial charge in [-0.3, -0.25) is 9.59 Å². The van der Waals surface area contributed by atoms with Gasteiger partial charge in [-0.1, -0.05) is 37.6 Å². The van der Waals surface area contributed by atoms with E-state index in [1.807, 2.05) is 45.0 Å². The van der Waals surface area contributed by atoms with E-state index in [1.54, 1.807) is 24.3 Å². The summed E-state index contributed by atoms with van der Waals surface area (Å²) in [7, 11) is 0. The van der Waals surface area contributed by atoms with Gasteiger partial charge in [0.15, 0.2) is 0 Å². The molecule has 0 spiro atoms. The number of unbranched alkanes of at least 4 members (excludes halogenated alkanes) is 1. The van der Waals surface area contributed by atoms with Gasteiger partial charge in [-0.25, -0.2) is 0 Å². The van der Waals surface area contributed by atoms with E-state index in [2.05, 4.69) is 5.32 Å². The van der Waals surface area contributed by atoms with Gasteiger partial charge in [0.05, 0.1) is 6.61 Å². The van der Waals surface area contributed by atoms with Gasteiger partial charge in [0.1, 0.15) is 23.1 Å². The number of amides is 1. The van der Waals surface area contributed by atoms with Crippen LogP contribution >= 0.6 is 0 Å². The number of nitriles is 1. The number of hydrogen-bond donors (Lipinski definition) is 1. The monoisotopic (exact) mass is 434 g/mol. The van der Waals surface area contributed by atoms with Crippen molar-refractivity contribution in [2.45, 2.75) is 46.5 Å². The Morgan fingerprint density at radius 1 is 1.09 bits per heavy atom. The average Bonchev–Trinajstić information content (AvgIpc) is 2.78. The Labute approximate surface area is 189 Å². The fraction of sp³-hybridized carbons (Fsp3) is 0.346. The normalized spacial score (nSPS) is 10.9. The van der Waals surface area contributed by atoms with Crippen molar-refractivity contribution >= 4 is 18.0 Å². The van der Waals surface area contributed by atoms with Crippen LogP contribution in [0.2, 0.25) is 0 Å². The molecule has 1 N–H and O–H groups in total. The van der Waals surface area contributed by atoms with Gasteiger partial charge in [-0.2, -0.15) is 5.26 Å². The molecule has 0 saturated carbocycles. The summed E-state index contributed by atoms with van der Waals surface area (Å²) in [5.74, 6) is 0.511. The summed E-state index contributed by atoms with van der Waals surface area (Å²) in [6.45, 7) is 7.00. The third-order valence-electron chi connectivity index (χ3n) is 4.73. The number of aryl methyl sites for hydroxylation is 2. The number of nitrogens with zero attached hydrogens (tertiary/aromatic N) is 1. The number of carbonyl (C=O) groups excluding carboxylic acids is 2. The Kier molecular flexibility index (Phi) is 9.99. The van der Waals surface area contributed by atoms with Gasteiger partial charge >= 0.3 is 5.97 Å². The van der Waals surface area contributed by atoms with Crippen LogP contribution in [-0.2, 0) is 9.59 Å². The van der Waals surface area contributed by atoms with E-state index < -0.39 is 0 Å². The summed E-state index contributed by atoms with van der Waals surface area (Å²) >= 11 is 0. The first-order valence-electron chi connectivity index (χ1n) is 10.8. The fourth-order valence-electron chi connectivity index (χ4n) is 2.87. The zero-order valence-corrected chi connectivity index (χ0v) is 18.9. The highest BCUT2D eigenvalue weighted by Crippen LogP contribution is 2.20. The molecule has 0 atom stereocenters. The molecule has 0 aliphatic rings. The molecule has 0 bridgehead atoms. The third-order valence-corrected chi connectivity index (χ3v) is 4.73. The molecule has 2 aromatic rings. The van der Waals surface area contributed by atoms with Crippen LogP contribution in [0.3, 0.4) is 0 Å². The summed E-state index contributed by atoms with van der Waals surface area (Å²) in [6, 6.07) is 14.6. The Balaban J connectivity index is 1.81. The maximum Gasteiger partial charge on any atom is 0.311 e. The Hall–Kier alpha value is -3.59. The molecule has 2 rings (SSSR count). The number of hydrogen-bond acceptors (Lipinski definition) is 5. The molecule has 6 heteroatoms. The van der Waals surface area contributed by atoms with Crippen molar-refractivity contribution in [1.29, 1.82) is 5.26 Å². The number of ether oxygens (including phenoxy) is 2. The van der Waals surface area contributed by atoms with E-state index in [4.69, 9.17) is 9.47 Å². The highest BCUT2D eigenvalue weighted by Gasteiger charge is 2.09. The Morgan fingerprint density at radius 3 is 2.53 bits per heavy atom. The Morgan fingerprint density at radius 2 is 1.84 bits per heavy atom. The van der Waals surface area contributed by atoms with Crippen molar-refractivity contribution < 1.29 is 19.1 Å². The molecule has 6 nitrogen and oxygen atoms in total. The molecular formula is C26H30N2O4. The first kappa shape index (κ1) is 24.7. The Bertz CT molecular complexity index is 988. The van der Waals surface area contributed by atoms with E-state index in [9.17, 15) is 14.9 Å². The summed E-state index contributed by atoms with van der Waals surface area (Å²) < 4.78 is 11.1. The molecule has 0 fully saturated rings. The molecular weight excluding hydrogens is 404 g/mol. The summed E-state index contributed by atoms with van der Waals surface area (Å²) in [5, 5.41) is 12.0. The number of nitrogens with one attached hydrogen (secondary N) is 1. The quantitative estimate of drug-likeness (QED) is 0.179. The van der Waals surface area contributed by atoms with Crippen LogP contribution in [0.1, 0.15) is 49.3 Å². The highest BCUT2D eigenvalue weighted by molar-refractivity contribution is 6.01. The largest absolute Gasteiger partial charge is 0.493 e. The minimum atomic E-state index is -0.389. The van der Waals surface area contributed by atoms with E-state index in [1.165, 1.54) is 6.08 Å². The minimum absolute atomic E-state index is 0.0368. The van der Waals surface area contributed by atoms with Crippen LogP contribution in [0.4, 0.5) is 0 Å². The van der Waals surface area contributed by atoms with Crippen molar-refractivity contribution in [2.24, 2.45) is 0 Å². The lowest BCUT2D eigenvalue weighted by Gasteiger charge is -2.10. The zero-order chi connectivity index (χ0) is 23.3. The number of rotatable bonds is 11. The number of carbonyl (C=O) groups is 2. The van der Waals surface area contributed by atoms with Crippen molar-refractivity contribution in [3.05, 3.63) is 64.7 Å². The standard InChI is InChI=1S/C26H30N2O4/c1-4-5-14-28-26(30)22(18-27)17-21-10-12-23(13-11-21)32-25(29)7-6-15-31-24-16-19(2)8-9-20(24)3/h8-13,16-17H,4-7,14-15H2,1-3H3,(H,28,30)/b22-17+. The van der Waals surface area contributed by atoms with Crippen LogP contribution in [-0.4, -0.2) is 25.0 Å². The molecule has 0 aliphatic heterocycles. The predicted octanol–water partition coefficient (Wildman–Crippen LogP) is 4.89. The van der Waals surface area contributed by atoms with Crippen molar-refractivity contribution in [3.8, 4) is 17.6 Å². The molecule has 0 heterocycles.